The standard InChI is InChI=1S/C25H21N5O2S/c1-18-7-11-20(12-8-18)27-24(31)17-33-25-29-28-23(30(25)21-5-3-2-4-6-21)16-32-22-13-9-19(15-26)10-14-22/h2-14H,16-17H2,1H3,(H,27,31). The molecule has 164 valence electrons. The summed E-state index contributed by atoms with van der Waals surface area (Å²) in [5.41, 5.74) is 3.33. The van der Waals surface area contributed by atoms with Crippen molar-refractivity contribution in [2.75, 3.05) is 11.1 Å². The van der Waals surface area contributed by atoms with E-state index in [-0.39, 0.29) is 18.3 Å². The van der Waals surface area contributed by atoms with Crippen molar-refractivity contribution >= 4 is 23.4 Å². The van der Waals surface area contributed by atoms with Crippen LogP contribution < -0.4 is 10.1 Å². The fourth-order valence-corrected chi connectivity index (χ4v) is 3.83. The lowest BCUT2D eigenvalue weighted by Crippen LogP contribution is -2.14. The maximum absolute atomic E-state index is 12.5. The average molecular weight is 456 g/mol. The predicted octanol–water partition coefficient (Wildman–Crippen LogP) is 4.76. The summed E-state index contributed by atoms with van der Waals surface area (Å²) in [5, 5.41) is 21.0. The number of nitrogens with zero attached hydrogens (tertiary/aromatic N) is 4. The molecule has 1 aromatic heterocycles. The number of benzene rings is 3. The van der Waals surface area contributed by atoms with Gasteiger partial charge in [-0.1, -0.05) is 47.7 Å². The lowest BCUT2D eigenvalue weighted by atomic mass is 10.2. The molecule has 0 spiro atoms. The van der Waals surface area contributed by atoms with Crippen molar-refractivity contribution in [1.82, 2.24) is 14.8 Å². The number of nitriles is 1. The topological polar surface area (TPSA) is 92.8 Å². The van der Waals surface area contributed by atoms with Gasteiger partial charge in [0.05, 0.1) is 17.4 Å². The van der Waals surface area contributed by atoms with Crippen LogP contribution in [0.15, 0.2) is 84.0 Å². The average Bonchev–Trinajstić information content (AvgIpc) is 3.26. The molecule has 1 N–H and O–H groups in total. The molecule has 0 saturated heterocycles. The molecular formula is C25H21N5O2S. The van der Waals surface area contributed by atoms with E-state index in [1.807, 2.05) is 66.1 Å². The number of para-hydroxylation sites is 1. The summed E-state index contributed by atoms with van der Waals surface area (Å²) in [6.45, 7) is 2.18. The number of carbonyl (C=O) groups is 1. The molecule has 33 heavy (non-hydrogen) atoms. The van der Waals surface area contributed by atoms with Crippen LogP contribution in [-0.4, -0.2) is 26.4 Å². The Kier molecular flexibility index (Phi) is 7.03. The Labute approximate surface area is 196 Å². The Balaban J connectivity index is 1.48. The lowest BCUT2D eigenvalue weighted by molar-refractivity contribution is -0.113. The molecule has 1 heterocycles. The molecule has 0 radical (unpaired) electrons. The number of amides is 1. The summed E-state index contributed by atoms with van der Waals surface area (Å²) in [4.78, 5) is 12.5. The summed E-state index contributed by atoms with van der Waals surface area (Å²) >= 11 is 1.31. The summed E-state index contributed by atoms with van der Waals surface area (Å²) in [6, 6.07) is 26.3. The Morgan fingerprint density at radius 3 is 2.45 bits per heavy atom. The first-order valence-corrected chi connectivity index (χ1v) is 11.2. The molecule has 0 aliphatic rings. The fraction of sp³-hybridized carbons (Fsp3) is 0.120. The van der Waals surface area contributed by atoms with E-state index in [0.29, 0.717) is 22.3 Å². The van der Waals surface area contributed by atoms with Crippen molar-refractivity contribution in [2.24, 2.45) is 0 Å². The van der Waals surface area contributed by atoms with Crippen molar-refractivity contribution in [3.8, 4) is 17.5 Å². The number of thioether (sulfide) groups is 1. The number of carbonyl (C=O) groups excluding carboxylic acids is 1. The second-order valence-corrected chi connectivity index (χ2v) is 8.14. The van der Waals surface area contributed by atoms with Crippen LogP contribution in [0.3, 0.4) is 0 Å². The van der Waals surface area contributed by atoms with E-state index in [0.717, 1.165) is 16.9 Å². The minimum absolute atomic E-state index is 0.123. The molecule has 1 amide bonds. The summed E-state index contributed by atoms with van der Waals surface area (Å²) in [7, 11) is 0. The van der Waals surface area contributed by atoms with E-state index in [9.17, 15) is 4.79 Å². The number of rotatable bonds is 8. The van der Waals surface area contributed by atoms with Crippen molar-refractivity contribution < 1.29 is 9.53 Å². The highest BCUT2D eigenvalue weighted by Gasteiger charge is 2.16. The van der Waals surface area contributed by atoms with Crippen LogP contribution in [0.1, 0.15) is 17.0 Å². The third-order valence-electron chi connectivity index (χ3n) is 4.73. The maximum Gasteiger partial charge on any atom is 0.234 e. The Hall–Kier alpha value is -4.09. The first-order valence-electron chi connectivity index (χ1n) is 10.2. The molecule has 0 bridgehead atoms. The Morgan fingerprint density at radius 1 is 1.03 bits per heavy atom. The minimum atomic E-state index is -0.123. The SMILES string of the molecule is Cc1ccc(NC(=O)CSc2nnc(COc3ccc(C#N)cc3)n2-c2ccccc2)cc1. The summed E-state index contributed by atoms with van der Waals surface area (Å²) in [5.74, 6) is 1.30. The molecule has 4 aromatic rings. The molecule has 0 unspecified atom stereocenters. The van der Waals surface area contributed by atoms with Gasteiger partial charge in [-0.2, -0.15) is 5.26 Å². The first-order chi connectivity index (χ1) is 16.1. The van der Waals surface area contributed by atoms with Gasteiger partial charge >= 0.3 is 0 Å². The van der Waals surface area contributed by atoms with Crippen LogP contribution in [0.5, 0.6) is 5.75 Å². The van der Waals surface area contributed by atoms with Gasteiger partial charge in [-0.15, -0.1) is 10.2 Å². The van der Waals surface area contributed by atoms with Gasteiger partial charge in [0.25, 0.3) is 0 Å². The van der Waals surface area contributed by atoms with Gasteiger partial charge in [0.1, 0.15) is 12.4 Å². The molecular weight excluding hydrogens is 434 g/mol. The minimum Gasteiger partial charge on any atom is -0.486 e. The number of hydrogen-bond acceptors (Lipinski definition) is 6. The van der Waals surface area contributed by atoms with Gasteiger partial charge in [0.2, 0.25) is 5.91 Å². The number of ether oxygens (including phenoxy) is 1. The van der Waals surface area contributed by atoms with E-state index in [2.05, 4.69) is 21.6 Å². The number of aromatic nitrogens is 3. The van der Waals surface area contributed by atoms with Crippen molar-refractivity contribution in [2.45, 2.75) is 18.7 Å². The molecule has 8 heteroatoms. The van der Waals surface area contributed by atoms with E-state index in [4.69, 9.17) is 10.00 Å². The van der Waals surface area contributed by atoms with E-state index in [1.54, 1.807) is 24.3 Å². The normalized spacial score (nSPS) is 10.4. The van der Waals surface area contributed by atoms with Crippen molar-refractivity contribution in [1.29, 1.82) is 5.26 Å². The largest absolute Gasteiger partial charge is 0.486 e. The Morgan fingerprint density at radius 2 is 1.76 bits per heavy atom. The smallest absolute Gasteiger partial charge is 0.234 e. The van der Waals surface area contributed by atoms with E-state index >= 15 is 0 Å². The van der Waals surface area contributed by atoms with Gasteiger partial charge in [0, 0.05) is 11.4 Å². The molecule has 0 saturated carbocycles. The number of nitrogens with one attached hydrogen (secondary N) is 1. The zero-order chi connectivity index (χ0) is 23.0. The van der Waals surface area contributed by atoms with Crippen LogP contribution in [0.25, 0.3) is 5.69 Å². The van der Waals surface area contributed by atoms with Crippen LogP contribution in [0.2, 0.25) is 0 Å². The molecule has 0 fully saturated rings. The number of hydrogen-bond donors (Lipinski definition) is 1. The molecule has 3 aromatic carbocycles. The van der Waals surface area contributed by atoms with Crippen molar-refractivity contribution in [3.63, 3.8) is 0 Å². The third kappa shape index (κ3) is 5.79. The highest BCUT2D eigenvalue weighted by Crippen LogP contribution is 2.23. The monoisotopic (exact) mass is 455 g/mol. The van der Waals surface area contributed by atoms with E-state index in [1.165, 1.54) is 11.8 Å². The summed E-state index contributed by atoms with van der Waals surface area (Å²) in [6.07, 6.45) is 0. The van der Waals surface area contributed by atoms with Gasteiger partial charge in [-0.05, 0) is 55.5 Å². The lowest BCUT2D eigenvalue weighted by Gasteiger charge is -2.11. The summed E-state index contributed by atoms with van der Waals surface area (Å²) < 4.78 is 7.74. The van der Waals surface area contributed by atoms with Crippen LogP contribution in [-0.2, 0) is 11.4 Å². The third-order valence-corrected chi connectivity index (χ3v) is 5.66. The molecule has 4 rings (SSSR count). The fourth-order valence-electron chi connectivity index (χ4n) is 3.06. The second-order valence-electron chi connectivity index (χ2n) is 7.20. The van der Waals surface area contributed by atoms with Gasteiger partial charge in [-0.3, -0.25) is 9.36 Å². The van der Waals surface area contributed by atoms with Crippen LogP contribution in [0.4, 0.5) is 5.69 Å². The first kappa shape index (κ1) is 22.1. The van der Waals surface area contributed by atoms with Gasteiger partial charge < -0.3 is 10.1 Å². The zero-order valence-electron chi connectivity index (χ0n) is 17.9. The number of aryl methyl sites for hydroxylation is 1. The van der Waals surface area contributed by atoms with Gasteiger partial charge in [0.15, 0.2) is 11.0 Å². The zero-order valence-corrected chi connectivity index (χ0v) is 18.7. The maximum atomic E-state index is 12.5. The van der Waals surface area contributed by atoms with E-state index < -0.39 is 0 Å². The molecule has 0 aliphatic heterocycles. The number of anilines is 1. The van der Waals surface area contributed by atoms with Crippen molar-refractivity contribution in [3.05, 3.63) is 95.8 Å². The highest BCUT2D eigenvalue weighted by atomic mass is 32.2. The van der Waals surface area contributed by atoms with Crippen LogP contribution in [0, 0.1) is 18.3 Å². The molecule has 0 aliphatic carbocycles. The second kappa shape index (κ2) is 10.5. The quantitative estimate of drug-likeness (QED) is 0.385. The molecule has 7 nitrogen and oxygen atoms in total. The highest BCUT2D eigenvalue weighted by molar-refractivity contribution is 7.99. The molecule has 0 atom stereocenters. The predicted molar refractivity (Wildman–Crippen MR) is 127 cm³/mol. The van der Waals surface area contributed by atoms with Gasteiger partial charge in [-0.25, -0.2) is 0 Å². The van der Waals surface area contributed by atoms with Crippen LogP contribution >= 0.6 is 11.8 Å². The Bertz CT molecular complexity index is 1260.